The molecule has 6 nitrogen and oxygen atoms in total. The van der Waals surface area contributed by atoms with Crippen LogP contribution in [0.4, 0.5) is 0 Å². The number of hydrogen-bond donors (Lipinski definition) is 0. The molecule has 2 amide bonds. The van der Waals surface area contributed by atoms with Gasteiger partial charge in [-0.15, -0.1) is 0 Å². The molecular formula is C18H14N2O4. The van der Waals surface area contributed by atoms with Crippen molar-refractivity contribution in [3.05, 3.63) is 47.5 Å². The van der Waals surface area contributed by atoms with Gasteiger partial charge in [0.2, 0.25) is 0 Å². The van der Waals surface area contributed by atoms with E-state index in [0.29, 0.717) is 22.9 Å². The number of benzene rings is 2. The Labute approximate surface area is 138 Å². The van der Waals surface area contributed by atoms with Crippen LogP contribution in [0.2, 0.25) is 0 Å². The zero-order valence-electron chi connectivity index (χ0n) is 12.8. The molecule has 1 heterocycles. The van der Waals surface area contributed by atoms with E-state index in [-0.39, 0.29) is 31.4 Å². The summed E-state index contributed by atoms with van der Waals surface area (Å²) in [6.45, 7) is -0.167. The highest BCUT2D eigenvalue weighted by atomic mass is 16.5. The van der Waals surface area contributed by atoms with Crippen LogP contribution in [0.15, 0.2) is 36.4 Å². The lowest BCUT2D eigenvalue weighted by Crippen LogP contribution is -2.41. The fraction of sp³-hybridized carbons (Fsp3) is 0.222. The third-order valence-corrected chi connectivity index (χ3v) is 3.92. The third-order valence-electron chi connectivity index (χ3n) is 3.92. The Kier molecular flexibility index (Phi) is 4.25. The molecule has 2 aromatic rings. The SMILES string of the molecule is N#CCOC(=O)CCCN1C(=O)c2cccc3cccc(c23)C1=O. The number of imide groups is 1. The first-order chi connectivity index (χ1) is 11.6. The summed E-state index contributed by atoms with van der Waals surface area (Å²) in [7, 11) is 0. The molecule has 1 aliphatic heterocycles. The van der Waals surface area contributed by atoms with Crippen LogP contribution in [0.3, 0.4) is 0 Å². The predicted octanol–water partition coefficient (Wildman–Crippen LogP) is 2.28. The Morgan fingerprint density at radius 1 is 1.08 bits per heavy atom. The summed E-state index contributed by atoms with van der Waals surface area (Å²) in [6, 6.07) is 12.4. The van der Waals surface area contributed by atoms with Crippen molar-refractivity contribution < 1.29 is 19.1 Å². The van der Waals surface area contributed by atoms with Crippen molar-refractivity contribution >= 4 is 28.6 Å². The normalized spacial score (nSPS) is 13.0. The second kappa shape index (κ2) is 6.50. The van der Waals surface area contributed by atoms with Crippen molar-refractivity contribution in [2.45, 2.75) is 12.8 Å². The Morgan fingerprint density at radius 3 is 2.29 bits per heavy atom. The number of nitrogens with zero attached hydrogens (tertiary/aromatic N) is 2. The molecule has 120 valence electrons. The minimum Gasteiger partial charge on any atom is -0.450 e. The molecule has 0 saturated heterocycles. The van der Waals surface area contributed by atoms with Gasteiger partial charge in [0.25, 0.3) is 11.8 Å². The Hall–Kier alpha value is -3.20. The third kappa shape index (κ3) is 2.72. The number of esters is 1. The fourth-order valence-electron chi connectivity index (χ4n) is 2.85. The first-order valence-electron chi connectivity index (χ1n) is 7.54. The highest BCUT2D eigenvalue weighted by Crippen LogP contribution is 2.29. The van der Waals surface area contributed by atoms with Crippen molar-refractivity contribution in [1.29, 1.82) is 5.26 Å². The van der Waals surface area contributed by atoms with Gasteiger partial charge in [-0.1, -0.05) is 24.3 Å². The van der Waals surface area contributed by atoms with E-state index in [4.69, 9.17) is 5.26 Å². The molecule has 0 unspecified atom stereocenters. The summed E-state index contributed by atoms with van der Waals surface area (Å²) in [6.07, 6.45) is 0.338. The molecule has 0 radical (unpaired) electrons. The number of nitriles is 1. The molecule has 0 spiro atoms. The molecule has 0 fully saturated rings. The van der Waals surface area contributed by atoms with E-state index >= 15 is 0 Å². The summed E-state index contributed by atoms with van der Waals surface area (Å²) >= 11 is 0. The van der Waals surface area contributed by atoms with Crippen molar-refractivity contribution in [1.82, 2.24) is 4.90 Å². The summed E-state index contributed by atoms with van der Waals surface area (Å²) in [4.78, 5) is 37.8. The van der Waals surface area contributed by atoms with Gasteiger partial charge in [-0.05, 0) is 23.9 Å². The van der Waals surface area contributed by atoms with Gasteiger partial charge < -0.3 is 4.74 Å². The van der Waals surface area contributed by atoms with E-state index in [0.717, 1.165) is 10.3 Å². The Balaban J connectivity index is 1.78. The van der Waals surface area contributed by atoms with Crippen LogP contribution in [0.25, 0.3) is 10.8 Å². The van der Waals surface area contributed by atoms with E-state index in [9.17, 15) is 14.4 Å². The van der Waals surface area contributed by atoms with Gasteiger partial charge in [0.1, 0.15) is 6.07 Å². The zero-order valence-corrected chi connectivity index (χ0v) is 12.8. The smallest absolute Gasteiger partial charge is 0.306 e. The first kappa shape index (κ1) is 15.7. The molecule has 0 N–H and O–H groups in total. The average molecular weight is 322 g/mol. The summed E-state index contributed by atoms with van der Waals surface area (Å²) in [5, 5.41) is 9.89. The lowest BCUT2D eigenvalue weighted by atomic mass is 9.94. The molecule has 0 atom stereocenters. The number of carbonyl (C=O) groups is 3. The second-order valence-corrected chi connectivity index (χ2v) is 5.39. The van der Waals surface area contributed by atoms with Crippen molar-refractivity contribution in [2.24, 2.45) is 0 Å². The van der Waals surface area contributed by atoms with Gasteiger partial charge >= 0.3 is 5.97 Å². The van der Waals surface area contributed by atoms with Crippen LogP contribution in [0.1, 0.15) is 33.6 Å². The topological polar surface area (TPSA) is 87.5 Å². The standard InChI is InChI=1S/C18H14N2O4/c19-9-11-24-15(21)8-3-10-20-17(22)13-6-1-4-12-5-2-7-14(16(12)13)18(20)23/h1-2,4-7H,3,8,10-11H2. The van der Waals surface area contributed by atoms with E-state index in [1.165, 1.54) is 0 Å². The maximum atomic E-state index is 12.6. The van der Waals surface area contributed by atoms with Gasteiger partial charge in [0, 0.05) is 29.5 Å². The summed E-state index contributed by atoms with van der Waals surface area (Å²) in [5.41, 5.74) is 0.990. The maximum absolute atomic E-state index is 12.6. The summed E-state index contributed by atoms with van der Waals surface area (Å²) < 4.78 is 4.65. The van der Waals surface area contributed by atoms with Gasteiger partial charge in [-0.3, -0.25) is 19.3 Å². The lowest BCUT2D eigenvalue weighted by molar-refractivity contribution is -0.142. The van der Waals surface area contributed by atoms with Crippen molar-refractivity contribution in [2.75, 3.05) is 13.2 Å². The quantitative estimate of drug-likeness (QED) is 0.622. The molecule has 3 rings (SSSR count). The largest absolute Gasteiger partial charge is 0.450 e. The molecule has 0 saturated carbocycles. The lowest BCUT2D eigenvalue weighted by Gasteiger charge is -2.27. The molecule has 0 aromatic heterocycles. The molecular weight excluding hydrogens is 308 g/mol. The Bertz CT molecular complexity index is 831. The second-order valence-electron chi connectivity index (χ2n) is 5.39. The number of rotatable bonds is 5. The van der Waals surface area contributed by atoms with Crippen molar-refractivity contribution in [3.8, 4) is 6.07 Å². The number of carbonyl (C=O) groups excluding carboxylic acids is 3. The fourth-order valence-corrected chi connectivity index (χ4v) is 2.85. The maximum Gasteiger partial charge on any atom is 0.306 e. The highest BCUT2D eigenvalue weighted by Gasteiger charge is 2.32. The molecule has 2 aromatic carbocycles. The van der Waals surface area contributed by atoms with Crippen LogP contribution in [0, 0.1) is 11.3 Å². The van der Waals surface area contributed by atoms with Crippen LogP contribution < -0.4 is 0 Å². The first-order valence-corrected chi connectivity index (χ1v) is 7.54. The monoisotopic (exact) mass is 322 g/mol. The molecule has 6 heteroatoms. The minimum absolute atomic E-state index is 0.0462. The van der Waals surface area contributed by atoms with Crippen LogP contribution in [-0.4, -0.2) is 35.8 Å². The minimum atomic E-state index is -0.518. The zero-order chi connectivity index (χ0) is 17.1. The number of amides is 2. The number of hydrogen-bond acceptors (Lipinski definition) is 5. The number of ether oxygens (including phenoxy) is 1. The molecule has 0 bridgehead atoms. The van der Waals surface area contributed by atoms with Gasteiger partial charge in [-0.25, -0.2) is 0 Å². The van der Waals surface area contributed by atoms with Crippen molar-refractivity contribution in [3.63, 3.8) is 0 Å². The molecule has 1 aliphatic rings. The highest BCUT2D eigenvalue weighted by molar-refractivity contribution is 6.25. The molecule has 24 heavy (non-hydrogen) atoms. The van der Waals surface area contributed by atoms with Crippen LogP contribution in [0.5, 0.6) is 0 Å². The molecule has 0 aliphatic carbocycles. The van der Waals surface area contributed by atoms with Crippen LogP contribution in [-0.2, 0) is 9.53 Å². The van der Waals surface area contributed by atoms with E-state index in [1.54, 1.807) is 30.3 Å². The van der Waals surface area contributed by atoms with E-state index in [1.807, 2.05) is 12.1 Å². The predicted molar refractivity (Wildman–Crippen MR) is 85.1 cm³/mol. The van der Waals surface area contributed by atoms with E-state index < -0.39 is 5.97 Å². The van der Waals surface area contributed by atoms with Gasteiger partial charge in [0.15, 0.2) is 6.61 Å². The van der Waals surface area contributed by atoms with Gasteiger partial charge in [-0.2, -0.15) is 5.26 Å². The average Bonchev–Trinajstić information content (AvgIpc) is 2.60. The van der Waals surface area contributed by atoms with E-state index in [2.05, 4.69) is 4.74 Å². The van der Waals surface area contributed by atoms with Gasteiger partial charge in [0.05, 0.1) is 0 Å². The Morgan fingerprint density at radius 2 is 1.71 bits per heavy atom. The van der Waals surface area contributed by atoms with Crippen LogP contribution >= 0.6 is 0 Å². The summed E-state index contributed by atoms with van der Waals surface area (Å²) in [5.74, 6) is -1.22.